The van der Waals surface area contributed by atoms with Crippen LogP contribution in [0.15, 0.2) is 0 Å². The Kier molecular flexibility index (Phi) is 5.14. The van der Waals surface area contributed by atoms with Crippen LogP contribution in [0.2, 0.25) is 0 Å². The van der Waals surface area contributed by atoms with Gasteiger partial charge in [0.05, 0.1) is 6.61 Å². The SMILES string of the molecule is [O]CCNC(=O)CCC(=O)C(F)(F)F. The van der Waals surface area contributed by atoms with Gasteiger partial charge in [-0.2, -0.15) is 13.2 Å². The van der Waals surface area contributed by atoms with Gasteiger partial charge in [-0.05, 0) is 0 Å². The fraction of sp³-hybridized carbons (Fsp3) is 0.714. The lowest BCUT2D eigenvalue weighted by atomic mass is 10.2. The monoisotopic (exact) mass is 212 g/mol. The minimum atomic E-state index is -4.89. The zero-order chi connectivity index (χ0) is 11.2. The van der Waals surface area contributed by atoms with Crippen LogP contribution in [0, 0.1) is 0 Å². The van der Waals surface area contributed by atoms with Crippen molar-refractivity contribution in [1.29, 1.82) is 0 Å². The number of ketones is 1. The van der Waals surface area contributed by atoms with E-state index in [1.54, 1.807) is 0 Å². The maximum atomic E-state index is 11.6. The Morgan fingerprint density at radius 3 is 2.14 bits per heavy atom. The molecule has 0 saturated carbocycles. The van der Waals surface area contributed by atoms with Gasteiger partial charge in [0.15, 0.2) is 0 Å². The standard InChI is InChI=1S/C7H9F3NO3/c8-7(9,10)5(13)1-2-6(14)11-3-4-12/h1-4H2,(H,11,14). The van der Waals surface area contributed by atoms with Gasteiger partial charge in [-0.3, -0.25) is 9.59 Å². The highest BCUT2D eigenvalue weighted by Crippen LogP contribution is 2.18. The van der Waals surface area contributed by atoms with E-state index < -0.39 is 37.3 Å². The summed E-state index contributed by atoms with van der Waals surface area (Å²) in [5, 5.41) is 11.9. The average Bonchev–Trinajstić information content (AvgIpc) is 2.09. The van der Waals surface area contributed by atoms with Gasteiger partial charge in [0.2, 0.25) is 11.7 Å². The number of carbonyl (C=O) groups excluding carboxylic acids is 2. The third-order valence-electron chi connectivity index (χ3n) is 1.32. The second-order valence-corrected chi connectivity index (χ2v) is 2.48. The molecule has 0 aliphatic carbocycles. The lowest BCUT2D eigenvalue weighted by Gasteiger charge is -2.04. The molecule has 0 aromatic rings. The fourth-order valence-electron chi connectivity index (χ4n) is 0.648. The van der Waals surface area contributed by atoms with Crippen LogP contribution in [0.4, 0.5) is 13.2 Å². The van der Waals surface area contributed by atoms with Crippen molar-refractivity contribution in [3.05, 3.63) is 0 Å². The normalized spacial score (nSPS) is 11.1. The first-order chi connectivity index (χ1) is 6.38. The second kappa shape index (κ2) is 5.58. The highest BCUT2D eigenvalue weighted by Gasteiger charge is 2.37. The molecule has 0 saturated heterocycles. The van der Waals surface area contributed by atoms with Gasteiger partial charge in [-0.25, -0.2) is 5.11 Å². The van der Waals surface area contributed by atoms with Crippen LogP contribution in [0.25, 0.3) is 0 Å². The van der Waals surface area contributed by atoms with Crippen LogP contribution < -0.4 is 5.32 Å². The molecule has 0 rings (SSSR count). The first-order valence-corrected chi connectivity index (χ1v) is 3.82. The van der Waals surface area contributed by atoms with Crippen LogP contribution in [0.3, 0.4) is 0 Å². The van der Waals surface area contributed by atoms with E-state index in [4.69, 9.17) is 0 Å². The molecule has 0 heterocycles. The molecule has 0 fully saturated rings. The van der Waals surface area contributed by atoms with Gasteiger partial charge < -0.3 is 5.32 Å². The van der Waals surface area contributed by atoms with Crippen molar-refractivity contribution in [3.63, 3.8) is 0 Å². The molecule has 0 aromatic heterocycles. The predicted octanol–water partition coefficient (Wildman–Crippen LogP) is 0.445. The molecule has 0 aliphatic heterocycles. The van der Waals surface area contributed by atoms with E-state index >= 15 is 0 Å². The van der Waals surface area contributed by atoms with Crippen LogP contribution in [0.1, 0.15) is 12.8 Å². The number of hydrogen-bond donors (Lipinski definition) is 1. The van der Waals surface area contributed by atoms with Crippen molar-refractivity contribution in [2.24, 2.45) is 0 Å². The Morgan fingerprint density at radius 1 is 1.14 bits per heavy atom. The number of carbonyl (C=O) groups is 2. The van der Waals surface area contributed by atoms with Crippen molar-refractivity contribution in [1.82, 2.24) is 5.32 Å². The Morgan fingerprint density at radius 2 is 1.71 bits per heavy atom. The lowest BCUT2D eigenvalue weighted by molar-refractivity contribution is -0.171. The smallest absolute Gasteiger partial charge is 0.354 e. The molecule has 0 atom stereocenters. The van der Waals surface area contributed by atoms with Crippen molar-refractivity contribution in [2.75, 3.05) is 13.2 Å². The second-order valence-electron chi connectivity index (χ2n) is 2.48. The summed E-state index contributed by atoms with van der Waals surface area (Å²) in [6.45, 7) is -0.683. The Labute approximate surface area is 78.1 Å². The fourth-order valence-corrected chi connectivity index (χ4v) is 0.648. The first kappa shape index (κ1) is 12.9. The molecule has 0 bridgehead atoms. The molecule has 7 heteroatoms. The largest absolute Gasteiger partial charge is 0.449 e. The van der Waals surface area contributed by atoms with Gasteiger partial charge in [0.1, 0.15) is 0 Å². The first-order valence-electron chi connectivity index (χ1n) is 3.82. The van der Waals surface area contributed by atoms with Crippen molar-refractivity contribution >= 4 is 11.7 Å². The van der Waals surface area contributed by atoms with Crippen LogP contribution >= 0.6 is 0 Å². The number of Topliss-reactive ketones (excluding diaryl/α,β-unsaturated/α-hetero) is 1. The summed E-state index contributed by atoms with van der Waals surface area (Å²) in [7, 11) is 0. The highest BCUT2D eigenvalue weighted by atomic mass is 19.4. The molecule has 0 spiro atoms. The summed E-state index contributed by atoms with van der Waals surface area (Å²) in [5.41, 5.74) is 0. The number of nitrogens with one attached hydrogen (secondary N) is 1. The molecule has 81 valence electrons. The molecule has 1 N–H and O–H groups in total. The third kappa shape index (κ3) is 5.52. The summed E-state index contributed by atoms with van der Waals surface area (Å²) in [6, 6.07) is 0. The summed E-state index contributed by atoms with van der Waals surface area (Å²) >= 11 is 0. The van der Waals surface area contributed by atoms with Gasteiger partial charge in [-0.1, -0.05) is 0 Å². The van der Waals surface area contributed by atoms with E-state index in [2.05, 4.69) is 5.32 Å². The maximum Gasteiger partial charge on any atom is 0.449 e. The van der Waals surface area contributed by atoms with Crippen molar-refractivity contribution in [3.8, 4) is 0 Å². The Bertz CT molecular complexity index is 215. The van der Waals surface area contributed by atoms with Crippen LogP contribution in [-0.2, 0) is 14.7 Å². The molecule has 0 aliphatic rings. The van der Waals surface area contributed by atoms with Crippen LogP contribution in [0.5, 0.6) is 0 Å². The summed E-state index contributed by atoms with van der Waals surface area (Å²) in [5.74, 6) is -2.66. The molecule has 1 radical (unpaired) electrons. The van der Waals surface area contributed by atoms with E-state index in [0.717, 1.165) is 0 Å². The minimum absolute atomic E-state index is 0.140. The van der Waals surface area contributed by atoms with Gasteiger partial charge >= 0.3 is 6.18 Å². The van der Waals surface area contributed by atoms with E-state index in [1.165, 1.54) is 0 Å². The molecule has 4 nitrogen and oxygen atoms in total. The third-order valence-corrected chi connectivity index (χ3v) is 1.32. The Hall–Kier alpha value is -1.11. The average molecular weight is 212 g/mol. The van der Waals surface area contributed by atoms with E-state index in [1.807, 2.05) is 0 Å². The molecular formula is C7H9F3NO3. The van der Waals surface area contributed by atoms with Crippen LogP contribution in [-0.4, -0.2) is 31.0 Å². The quantitative estimate of drug-likeness (QED) is 0.718. The zero-order valence-corrected chi connectivity index (χ0v) is 7.19. The molecule has 14 heavy (non-hydrogen) atoms. The number of hydrogen-bond acceptors (Lipinski definition) is 2. The number of amides is 1. The van der Waals surface area contributed by atoms with Gasteiger partial charge in [0.25, 0.3) is 0 Å². The molecule has 1 amide bonds. The van der Waals surface area contributed by atoms with E-state index in [0.29, 0.717) is 0 Å². The molecule has 0 unspecified atom stereocenters. The maximum absolute atomic E-state index is 11.6. The van der Waals surface area contributed by atoms with Gasteiger partial charge in [0, 0.05) is 19.4 Å². The topological polar surface area (TPSA) is 66.1 Å². The zero-order valence-electron chi connectivity index (χ0n) is 7.19. The highest BCUT2D eigenvalue weighted by molar-refractivity contribution is 5.88. The van der Waals surface area contributed by atoms with Crippen molar-refractivity contribution in [2.45, 2.75) is 19.0 Å². The summed E-state index contributed by atoms with van der Waals surface area (Å²) in [4.78, 5) is 20.9. The number of halogens is 3. The predicted molar refractivity (Wildman–Crippen MR) is 38.9 cm³/mol. The number of alkyl halides is 3. The number of rotatable bonds is 5. The van der Waals surface area contributed by atoms with E-state index in [-0.39, 0.29) is 6.54 Å². The minimum Gasteiger partial charge on any atom is -0.354 e. The van der Waals surface area contributed by atoms with Crippen molar-refractivity contribution < 1.29 is 27.9 Å². The molecular weight excluding hydrogens is 203 g/mol. The van der Waals surface area contributed by atoms with Gasteiger partial charge in [-0.15, -0.1) is 0 Å². The Balaban J connectivity index is 3.73. The molecule has 0 aromatic carbocycles. The summed E-state index contributed by atoms with van der Waals surface area (Å²) in [6.07, 6.45) is -6.31. The summed E-state index contributed by atoms with van der Waals surface area (Å²) < 4.78 is 34.9. The van der Waals surface area contributed by atoms with E-state index in [9.17, 15) is 27.9 Å². The lowest BCUT2D eigenvalue weighted by Crippen LogP contribution is -2.29.